The first-order chi connectivity index (χ1) is 10.1. The number of fused-ring (bicyclic) bond motifs is 1. The number of aliphatic hydroxyl groups is 1. The molecule has 0 spiro atoms. The summed E-state index contributed by atoms with van der Waals surface area (Å²) >= 11 is 1.64. The molecule has 2 atom stereocenters. The van der Waals surface area contributed by atoms with Crippen LogP contribution >= 0.6 is 11.3 Å². The number of hydrogen-bond acceptors (Lipinski definition) is 4. The normalized spacial score (nSPS) is 18.2. The molecule has 3 nitrogen and oxygen atoms in total. The van der Waals surface area contributed by atoms with Crippen molar-refractivity contribution >= 4 is 11.3 Å². The Bertz CT molecular complexity index is 647. The molecule has 1 aliphatic rings. The third-order valence-electron chi connectivity index (χ3n) is 3.82. The minimum atomic E-state index is -0.678. The van der Waals surface area contributed by atoms with E-state index in [0.29, 0.717) is 6.61 Å². The van der Waals surface area contributed by atoms with Crippen molar-refractivity contribution in [2.75, 3.05) is 6.61 Å². The van der Waals surface area contributed by atoms with Gasteiger partial charge in [-0.25, -0.2) is 0 Å². The molecule has 1 N–H and O–H groups in total. The fraction of sp³-hybridized carbons (Fsp3) is 0.412. The lowest BCUT2D eigenvalue weighted by atomic mass is 9.98. The fourth-order valence-corrected chi connectivity index (χ4v) is 3.53. The van der Waals surface area contributed by atoms with E-state index < -0.39 is 6.10 Å². The molecule has 2 heterocycles. The molecule has 2 aromatic rings. The van der Waals surface area contributed by atoms with Gasteiger partial charge in [-0.15, -0.1) is 11.3 Å². The second-order valence-corrected chi connectivity index (χ2v) is 6.52. The predicted molar refractivity (Wildman–Crippen MR) is 84.5 cm³/mol. The van der Waals surface area contributed by atoms with Crippen molar-refractivity contribution in [3.05, 3.63) is 45.1 Å². The highest BCUT2D eigenvalue weighted by atomic mass is 32.1. The minimum Gasteiger partial charge on any atom is -0.493 e. The largest absolute Gasteiger partial charge is 0.493 e. The van der Waals surface area contributed by atoms with Crippen molar-refractivity contribution in [1.82, 2.24) is 0 Å². The van der Waals surface area contributed by atoms with E-state index >= 15 is 0 Å². The molecule has 0 bridgehead atoms. The summed E-state index contributed by atoms with van der Waals surface area (Å²) in [5.41, 5.74) is 2.88. The molecule has 112 valence electrons. The molecular formula is C17H20O3S. The van der Waals surface area contributed by atoms with Gasteiger partial charge < -0.3 is 14.6 Å². The summed E-state index contributed by atoms with van der Waals surface area (Å²) in [4.78, 5) is 1.12. The Hall–Kier alpha value is -1.52. The number of rotatable bonds is 4. The molecule has 0 amide bonds. The molecule has 0 aliphatic carbocycles. The Balaban J connectivity index is 2.04. The van der Waals surface area contributed by atoms with Crippen molar-refractivity contribution in [3.8, 4) is 11.5 Å². The standard InChI is InChI=1S/C17H20O3S/c1-4-19-16-8-12-7-10(2)20-15(12)9-14(16)17(18)13-5-6-21-11(13)3/h5-6,8-10,17-18H,4,7H2,1-3H3. The van der Waals surface area contributed by atoms with E-state index in [1.54, 1.807) is 11.3 Å². The van der Waals surface area contributed by atoms with E-state index in [-0.39, 0.29) is 6.10 Å². The third-order valence-corrected chi connectivity index (χ3v) is 4.68. The maximum Gasteiger partial charge on any atom is 0.125 e. The van der Waals surface area contributed by atoms with Crippen molar-refractivity contribution < 1.29 is 14.6 Å². The van der Waals surface area contributed by atoms with Crippen molar-refractivity contribution in [1.29, 1.82) is 0 Å². The Morgan fingerprint density at radius 1 is 1.43 bits per heavy atom. The van der Waals surface area contributed by atoms with E-state index in [2.05, 4.69) is 6.92 Å². The highest BCUT2D eigenvalue weighted by Gasteiger charge is 2.25. The number of aliphatic hydroxyl groups excluding tert-OH is 1. The summed E-state index contributed by atoms with van der Waals surface area (Å²) in [6.07, 6.45) is 0.399. The zero-order valence-electron chi connectivity index (χ0n) is 12.6. The lowest BCUT2D eigenvalue weighted by Gasteiger charge is -2.17. The molecule has 0 saturated carbocycles. The SMILES string of the molecule is CCOc1cc2c(cc1C(O)c1ccsc1C)OC(C)C2. The van der Waals surface area contributed by atoms with Crippen LogP contribution in [0.5, 0.6) is 11.5 Å². The lowest BCUT2D eigenvalue weighted by Crippen LogP contribution is -2.05. The summed E-state index contributed by atoms with van der Waals surface area (Å²) in [6.45, 7) is 6.62. The van der Waals surface area contributed by atoms with Crippen LogP contribution in [-0.4, -0.2) is 17.8 Å². The molecule has 1 aromatic heterocycles. The summed E-state index contributed by atoms with van der Waals surface area (Å²) in [5, 5.41) is 12.7. The first-order valence-electron chi connectivity index (χ1n) is 7.28. The van der Waals surface area contributed by atoms with Crippen LogP contribution in [0.25, 0.3) is 0 Å². The number of benzene rings is 1. The van der Waals surface area contributed by atoms with Crippen LogP contribution in [0.1, 0.15) is 41.5 Å². The summed E-state index contributed by atoms with van der Waals surface area (Å²) in [6, 6.07) is 5.92. The molecule has 4 heteroatoms. The summed E-state index contributed by atoms with van der Waals surface area (Å²) in [5.74, 6) is 1.62. The molecule has 2 unspecified atom stereocenters. The van der Waals surface area contributed by atoms with Crippen LogP contribution in [-0.2, 0) is 6.42 Å². The van der Waals surface area contributed by atoms with Crippen molar-refractivity contribution in [2.24, 2.45) is 0 Å². The van der Waals surface area contributed by atoms with E-state index in [4.69, 9.17) is 9.47 Å². The second kappa shape index (κ2) is 5.70. The number of hydrogen-bond donors (Lipinski definition) is 1. The third kappa shape index (κ3) is 2.65. The fourth-order valence-electron chi connectivity index (χ4n) is 2.80. The molecule has 0 radical (unpaired) electrons. The van der Waals surface area contributed by atoms with Gasteiger partial charge in [-0.05, 0) is 49.9 Å². The van der Waals surface area contributed by atoms with Gasteiger partial charge in [0, 0.05) is 22.4 Å². The Labute approximate surface area is 129 Å². The zero-order chi connectivity index (χ0) is 15.0. The number of aryl methyl sites for hydroxylation is 1. The van der Waals surface area contributed by atoms with Gasteiger partial charge in [0.05, 0.1) is 6.61 Å². The van der Waals surface area contributed by atoms with Gasteiger partial charge in [0.15, 0.2) is 0 Å². The van der Waals surface area contributed by atoms with Crippen LogP contribution in [0, 0.1) is 6.92 Å². The van der Waals surface area contributed by atoms with Gasteiger partial charge in [-0.1, -0.05) is 0 Å². The van der Waals surface area contributed by atoms with Crippen LogP contribution < -0.4 is 9.47 Å². The van der Waals surface area contributed by atoms with Gasteiger partial charge >= 0.3 is 0 Å². The molecule has 0 fully saturated rings. The second-order valence-electron chi connectivity index (χ2n) is 5.40. The average Bonchev–Trinajstić information content (AvgIpc) is 3.02. The highest BCUT2D eigenvalue weighted by molar-refractivity contribution is 7.10. The predicted octanol–water partition coefficient (Wildman–Crippen LogP) is 3.86. The van der Waals surface area contributed by atoms with Crippen molar-refractivity contribution in [2.45, 2.75) is 39.4 Å². The zero-order valence-corrected chi connectivity index (χ0v) is 13.4. The first-order valence-corrected chi connectivity index (χ1v) is 8.16. The van der Waals surface area contributed by atoms with Crippen LogP contribution in [0.15, 0.2) is 23.6 Å². The van der Waals surface area contributed by atoms with E-state index in [1.807, 2.05) is 37.4 Å². The van der Waals surface area contributed by atoms with E-state index in [9.17, 15) is 5.11 Å². The quantitative estimate of drug-likeness (QED) is 0.932. The highest BCUT2D eigenvalue weighted by Crippen LogP contribution is 2.40. The van der Waals surface area contributed by atoms with Crippen LogP contribution in [0.2, 0.25) is 0 Å². The van der Waals surface area contributed by atoms with Crippen molar-refractivity contribution in [3.63, 3.8) is 0 Å². The molecule has 1 aliphatic heterocycles. The lowest BCUT2D eigenvalue weighted by molar-refractivity contribution is 0.210. The average molecular weight is 304 g/mol. The molecule has 3 rings (SSSR count). The maximum absolute atomic E-state index is 10.7. The molecule has 1 aromatic carbocycles. The monoisotopic (exact) mass is 304 g/mol. The molecule has 0 saturated heterocycles. The molecule has 21 heavy (non-hydrogen) atoms. The number of thiophene rings is 1. The Morgan fingerprint density at radius 2 is 2.24 bits per heavy atom. The minimum absolute atomic E-state index is 0.185. The van der Waals surface area contributed by atoms with Crippen LogP contribution in [0.4, 0.5) is 0 Å². The van der Waals surface area contributed by atoms with Gasteiger partial charge in [-0.2, -0.15) is 0 Å². The summed E-state index contributed by atoms with van der Waals surface area (Å²) < 4.78 is 11.6. The smallest absolute Gasteiger partial charge is 0.125 e. The van der Waals surface area contributed by atoms with Gasteiger partial charge in [0.1, 0.15) is 23.7 Å². The Morgan fingerprint density at radius 3 is 2.90 bits per heavy atom. The van der Waals surface area contributed by atoms with E-state index in [1.165, 1.54) is 0 Å². The van der Waals surface area contributed by atoms with Gasteiger partial charge in [-0.3, -0.25) is 0 Å². The topological polar surface area (TPSA) is 38.7 Å². The maximum atomic E-state index is 10.7. The van der Waals surface area contributed by atoms with E-state index in [0.717, 1.165) is 39.5 Å². The Kier molecular flexibility index (Phi) is 3.91. The first kappa shape index (κ1) is 14.4. The van der Waals surface area contributed by atoms with Gasteiger partial charge in [0.2, 0.25) is 0 Å². The molecular weight excluding hydrogens is 284 g/mol. The number of ether oxygens (including phenoxy) is 2. The van der Waals surface area contributed by atoms with Crippen LogP contribution in [0.3, 0.4) is 0 Å². The van der Waals surface area contributed by atoms with Gasteiger partial charge in [0.25, 0.3) is 0 Å². The summed E-state index contributed by atoms with van der Waals surface area (Å²) in [7, 11) is 0.